The number of nitrogens with two attached hydrogens (primary N) is 1. The van der Waals surface area contributed by atoms with Crippen molar-refractivity contribution in [2.24, 2.45) is 5.73 Å². The van der Waals surface area contributed by atoms with Crippen LogP contribution in [0.25, 0.3) is 10.9 Å². The van der Waals surface area contributed by atoms with Gasteiger partial charge in [-0.2, -0.15) is 0 Å². The quantitative estimate of drug-likeness (QED) is 0.822. The number of aromatic amines is 1. The predicted molar refractivity (Wildman–Crippen MR) is 79.7 cm³/mol. The van der Waals surface area contributed by atoms with E-state index >= 15 is 0 Å². The number of para-hydroxylation sites is 1. The van der Waals surface area contributed by atoms with Gasteiger partial charge in [0.15, 0.2) is 0 Å². The fraction of sp³-hybridized carbons (Fsp3) is 0.500. The average molecular weight is 255 g/mol. The van der Waals surface area contributed by atoms with Gasteiger partial charge in [0.2, 0.25) is 0 Å². The van der Waals surface area contributed by atoms with E-state index < -0.39 is 0 Å². The van der Waals surface area contributed by atoms with Gasteiger partial charge in [0.05, 0.1) is 5.52 Å². The van der Waals surface area contributed by atoms with Crippen LogP contribution in [-0.4, -0.2) is 18.1 Å². The third-order valence-electron chi connectivity index (χ3n) is 4.77. The Kier molecular flexibility index (Phi) is 2.12. The van der Waals surface area contributed by atoms with Crippen LogP contribution in [0.15, 0.2) is 18.2 Å². The number of nitrogens with one attached hydrogen (secondary N) is 1. The zero-order valence-electron chi connectivity index (χ0n) is 11.7. The molecule has 0 atom stereocenters. The molecule has 100 valence electrons. The molecule has 19 heavy (non-hydrogen) atoms. The standard InChI is InChI=1S/C16H21N3/c1-16(2,17)12-5-3-4-11-13-10-6-8-19(9-7-10)15(13)18-14(11)12/h3-5,10,18H,6-9,17H2,1-2H3. The van der Waals surface area contributed by atoms with Gasteiger partial charge in [-0.15, -0.1) is 0 Å². The molecule has 1 fully saturated rings. The van der Waals surface area contributed by atoms with E-state index in [2.05, 4.69) is 41.9 Å². The first-order chi connectivity index (χ1) is 9.05. The maximum absolute atomic E-state index is 6.33. The van der Waals surface area contributed by atoms with E-state index in [1.807, 2.05) is 0 Å². The highest BCUT2D eigenvalue weighted by Crippen LogP contribution is 2.46. The number of benzene rings is 1. The van der Waals surface area contributed by atoms with Gasteiger partial charge in [-0.3, -0.25) is 0 Å². The highest BCUT2D eigenvalue weighted by molar-refractivity contribution is 5.93. The van der Waals surface area contributed by atoms with E-state index in [4.69, 9.17) is 5.73 Å². The smallest absolute Gasteiger partial charge is 0.110 e. The Morgan fingerprint density at radius 3 is 2.68 bits per heavy atom. The van der Waals surface area contributed by atoms with Crippen molar-refractivity contribution in [3.05, 3.63) is 29.3 Å². The Morgan fingerprint density at radius 1 is 1.26 bits per heavy atom. The Morgan fingerprint density at radius 2 is 2.00 bits per heavy atom. The molecule has 3 aliphatic rings. The number of piperidine rings is 1. The van der Waals surface area contributed by atoms with Gasteiger partial charge in [0, 0.05) is 29.6 Å². The van der Waals surface area contributed by atoms with Crippen molar-refractivity contribution in [2.75, 3.05) is 18.0 Å². The minimum Gasteiger partial charge on any atom is -0.358 e. The molecule has 3 N–H and O–H groups in total. The summed E-state index contributed by atoms with van der Waals surface area (Å²) in [7, 11) is 0. The molecule has 0 unspecified atom stereocenters. The molecular weight excluding hydrogens is 234 g/mol. The largest absolute Gasteiger partial charge is 0.358 e. The summed E-state index contributed by atoms with van der Waals surface area (Å²) in [5.41, 5.74) is 10.0. The van der Waals surface area contributed by atoms with Crippen molar-refractivity contribution in [3.8, 4) is 0 Å². The maximum Gasteiger partial charge on any atom is 0.110 e. The summed E-state index contributed by atoms with van der Waals surface area (Å²) in [6.07, 6.45) is 2.60. The molecule has 4 heterocycles. The molecule has 1 aromatic heterocycles. The molecule has 0 aliphatic carbocycles. The van der Waals surface area contributed by atoms with Crippen molar-refractivity contribution < 1.29 is 0 Å². The number of nitrogens with zero attached hydrogens (tertiary/aromatic N) is 1. The third kappa shape index (κ3) is 1.48. The van der Waals surface area contributed by atoms with Crippen LogP contribution in [0, 0.1) is 0 Å². The van der Waals surface area contributed by atoms with Crippen molar-refractivity contribution in [2.45, 2.75) is 38.1 Å². The zero-order valence-corrected chi connectivity index (χ0v) is 11.7. The molecule has 1 aromatic carbocycles. The number of hydrogen-bond acceptors (Lipinski definition) is 2. The molecule has 2 aromatic rings. The monoisotopic (exact) mass is 255 g/mol. The molecule has 0 amide bonds. The van der Waals surface area contributed by atoms with Crippen LogP contribution in [0.4, 0.5) is 5.82 Å². The SMILES string of the molecule is CC(C)(N)c1cccc2c3c([nH]c12)N1CCC3CC1. The average Bonchev–Trinajstić information content (AvgIpc) is 2.79. The molecule has 3 nitrogen and oxygen atoms in total. The third-order valence-corrected chi connectivity index (χ3v) is 4.77. The summed E-state index contributed by atoms with van der Waals surface area (Å²) in [6, 6.07) is 6.56. The first-order valence-corrected chi connectivity index (χ1v) is 7.24. The minimum atomic E-state index is -0.304. The molecule has 5 rings (SSSR count). The molecule has 3 aliphatic heterocycles. The van der Waals surface area contributed by atoms with Crippen LogP contribution in [0.3, 0.4) is 0 Å². The lowest BCUT2D eigenvalue weighted by atomic mass is 9.83. The van der Waals surface area contributed by atoms with E-state index in [0.29, 0.717) is 0 Å². The molecular formula is C16H21N3. The molecule has 0 radical (unpaired) electrons. The summed E-state index contributed by atoms with van der Waals surface area (Å²) in [6.45, 7) is 6.56. The predicted octanol–water partition coefficient (Wildman–Crippen LogP) is 3.06. The molecule has 1 saturated heterocycles. The molecule has 3 heteroatoms. The first-order valence-electron chi connectivity index (χ1n) is 7.24. The lowest BCUT2D eigenvalue weighted by Crippen LogP contribution is -2.38. The van der Waals surface area contributed by atoms with Crippen LogP contribution < -0.4 is 10.6 Å². The fourth-order valence-electron chi connectivity index (χ4n) is 3.82. The summed E-state index contributed by atoms with van der Waals surface area (Å²) >= 11 is 0. The number of fused-ring (bicyclic) bond motifs is 3. The number of H-pyrrole nitrogens is 1. The number of aromatic nitrogens is 1. The second kappa shape index (κ2) is 3.54. The maximum atomic E-state index is 6.33. The van der Waals surface area contributed by atoms with Gasteiger partial charge in [-0.25, -0.2) is 0 Å². The second-order valence-corrected chi connectivity index (χ2v) is 6.60. The van der Waals surface area contributed by atoms with Gasteiger partial charge in [-0.1, -0.05) is 18.2 Å². The lowest BCUT2D eigenvalue weighted by molar-refractivity contribution is 0.475. The Balaban J connectivity index is 2.04. The van der Waals surface area contributed by atoms with E-state index in [1.165, 1.54) is 48.2 Å². The van der Waals surface area contributed by atoms with Crippen LogP contribution in [-0.2, 0) is 5.54 Å². The number of anilines is 1. The summed E-state index contributed by atoms with van der Waals surface area (Å²) in [5, 5.41) is 1.39. The highest BCUT2D eigenvalue weighted by atomic mass is 15.2. The molecule has 2 bridgehead atoms. The van der Waals surface area contributed by atoms with Gasteiger partial charge in [0.25, 0.3) is 0 Å². The number of hydrogen-bond donors (Lipinski definition) is 2. The first kappa shape index (κ1) is 11.4. The summed E-state index contributed by atoms with van der Waals surface area (Å²) in [5.74, 6) is 2.10. The lowest BCUT2D eigenvalue weighted by Gasteiger charge is -2.40. The van der Waals surface area contributed by atoms with Crippen molar-refractivity contribution >= 4 is 16.7 Å². The van der Waals surface area contributed by atoms with Crippen LogP contribution in [0.1, 0.15) is 43.7 Å². The highest BCUT2D eigenvalue weighted by Gasteiger charge is 2.34. The molecule has 0 saturated carbocycles. The van der Waals surface area contributed by atoms with Gasteiger partial charge >= 0.3 is 0 Å². The van der Waals surface area contributed by atoms with E-state index in [1.54, 1.807) is 5.56 Å². The molecule has 0 spiro atoms. The van der Waals surface area contributed by atoms with Crippen LogP contribution >= 0.6 is 0 Å². The van der Waals surface area contributed by atoms with E-state index in [-0.39, 0.29) is 5.54 Å². The Bertz CT molecular complexity index is 640. The van der Waals surface area contributed by atoms with Gasteiger partial charge in [0.1, 0.15) is 5.82 Å². The van der Waals surface area contributed by atoms with Gasteiger partial charge < -0.3 is 15.6 Å². The van der Waals surface area contributed by atoms with Crippen molar-refractivity contribution in [1.29, 1.82) is 0 Å². The second-order valence-electron chi connectivity index (χ2n) is 6.60. The fourth-order valence-corrected chi connectivity index (χ4v) is 3.82. The minimum absolute atomic E-state index is 0.304. The zero-order chi connectivity index (χ0) is 13.2. The Hall–Kier alpha value is -1.48. The normalized spacial score (nSPS) is 19.2. The van der Waals surface area contributed by atoms with Crippen molar-refractivity contribution in [3.63, 3.8) is 0 Å². The summed E-state index contributed by atoms with van der Waals surface area (Å²) < 4.78 is 0. The number of rotatable bonds is 1. The van der Waals surface area contributed by atoms with E-state index in [0.717, 1.165) is 5.92 Å². The Labute approximate surface area is 113 Å². The topological polar surface area (TPSA) is 45.1 Å². The van der Waals surface area contributed by atoms with E-state index in [9.17, 15) is 0 Å². The summed E-state index contributed by atoms with van der Waals surface area (Å²) in [4.78, 5) is 6.17. The van der Waals surface area contributed by atoms with Crippen molar-refractivity contribution in [1.82, 2.24) is 4.98 Å². The van der Waals surface area contributed by atoms with Crippen LogP contribution in [0.5, 0.6) is 0 Å². The van der Waals surface area contributed by atoms with Crippen LogP contribution in [0.2, 0.25) is 0 Å². The van der Waals surface area contributed by atoms with Gasteiger partial charge in [-0.05, 0) is 38.2 Å².